The number of hydrogen-bond acceptors (Lipinski definition) is 2. The molecule has 4 heteroatoms. The summed E-state index contributed by atoms with van der Waals surface area (Å²) in [5, 5.41) is 0. The van der Waals surface area contributed by atoms with Gasteiger partial charge in [-0.05, 0) is 31.4 Å². The third-order valence-corrected chi connectivity index (χ3v) is 3.17. The zero-order chi connectivity index (χ0) is 12.0. The first-order valence-corrected chi connectivity index (χ1v) is 5.88. The van der Waals surface area contributed by atoms with Crippen LogP contribution in [0.3, 0.4) is 0 Å². The van der Waals surface area contributed by atoms with E-state index in [0.29, 0.717) is 12.5 Å². The van der Waals surface area contributed by atoms with Crippen molar-refractivity contribution in [1.82, 2.24) is 9.55 Å². The summed E-state index contributed by atoms with van der Waals surface area (Å²) in [5.41, 5.74) is 2.63. The number of carbonyl (C=O) groups excluding carboxylic acids is 1. The van der Waals surface area contributed by atoms with Crippen LogP contribution in [0.4, 0.5) is 0 Å². The molecule has 3 rings (SSSR count). The van der Waals surface area contributed by atoms with Crippen LogP contribution in [0.25, 0.3) is 11.0 Å². The standard InChI is InChI=1S/C13H14N2O2/c1-8(16)7-9-3-2-4-11-12(9)15(10-5-6-10)13(17)14-11/h2-4,10H,5-7H2,1H3,(H,14,17). The smallest absolute Gasteiger partial charge is 0.306 e. The molecule has 1 fully saturated rings. The molecule has 1 aromatic carbocycles. The van der Waals surface area contributed by atoms with E-state index in [2.05, 4.69) is 4.98 Å². The number of aromatic nitrogens is 2. The zero-order valence-electron chi connectivity index (χ0n) is 9.69. The number of H-pyrrole nitrogens is 1. The van der Waals surface area contributed by atoms with Gasteiger partial charge in [-0.1, -0.05) is 12.1 Å². The van der Waals surface area contributed by atoms with E-state index in [1.54, 1.807) is 6.92 Å². The van der Waals surface area contributed by atoms with Crippen LogP contribution in [-0.2, 0) is 11.2 Å². The number of aromatic amines is 1. The van der Waals surface area contributed by atoms with Gasteiger partial charge < -0.3 is 4.98 Å². The van der Waals surface area contributed by atoms with E-state index < -0.39 is 0 Å². The van der Waals surface area contributed by atoms with Gasteiger partial charge in [-0.25, -0.2) is 4.79 Å². The molecule has 4 nitrogen and oxygen atoms in total. The van der Waals surface area contributed by atoms with E-state index in [1.807, 2.05) is 22.8 Å². The van der Waals surface area contributed by atoms with Gasteiger partial charge in [0.2, 0.25) is 0 Å². The van der Waals surface area contributed by atoms with Crippen molar-refractivity contribution in [3.05, 3.63) is 34.2 Å². The molecule has 0 radical (unpaired) electrons. The molecular weight excluding hydrogens is 216 g/mol. The number of benzene rings is 1. The van der Waals surface area contributed by atoms with Crippen LogP contribution in [0.2, 0.25) is 0 Å². The van der Waals surface area contributed by atoms with E-state index >= 15 is 0 Å². The average Bonchev–Trinajstić information content (AvgIpc) is 3.01. The molecule has 0 atom stereocenters. The highest BCUT2D eigenvalue weighted by Crippen LogP contribution is 2.36. The van der Waals surface area contributed by atoms with Crippen molar-refractivity contribution in [2.45, 2.75) is 32.2 Å². The average molecular weight is 230 g/mol. The lowest BCUT2D eigenvalue weighted by molar-refractivity contribution is -0.116. The van der Waals surface area contributed by atoms with Gasteiger partial charge in [0, 0.05) is 12.5 Å². The molecule has 0 bridgehead atoms. The van der Waals surface area contributed by atoms with Gasteiger partial charge >= 0.3 is 5.69 Å². The van der Waals surface area contributed by atoms with Crippen LogP contribution < -0.4 is 5.69 Å². The minimum absolute atomic E-state index is 0.0569. The molecule has 1 aliphatic carbocycles. The lowest BCUT2D eigenvalue weighted by atomic mass is 10.1. The van der Waals surface area contributed by atoms with Crippen molar-refractivity contribution < 1.29 is 4.79 Å². The molecule has 17 heavy (non-hydrogen) atoms. The van der Waals surface area contributed by atoms with Crippen LogP contribution in [0, 0.1) is 0 Å². The van der Waals surface area contributed by atoms with E-state index in [-0.39, 0.29) is 11.5 Å². The maximum absolute atomic E-state index is 11.9. The Labute approximate surface area is 98.3 Å². The molecule has 0 spiro atoms. The Morgan fingerprint density at radius 2 is 2.24 bits per heavy atom. The van der Waals surface area contributed by atoms with Gasteiger partial charge in [0.1, 0.15) is 5.78 Å². The zero-order valence-corrected chi connectivity index (χ0v) is 9.69. The van der Waals surface area contributed by atoms with Crippen LogP contribution in [-0.4, -0.2) is 15.3 Å². The fraction of sp³-hybridized carbons (Fsp3) is 0.385. The number of nitrogens with one attached hydrogen (secondary N) is 1. The Morgan fingerprint density at radius 1 is 1.47 bits per heavy atom. The highest BCUT2D eigenvalue weighted by Gasteiger charge is 2.28. The molecule has 1 saturated carbocycles. The van der Waals surface area contributed by atoms with Crippen LogP contribution in [0.15, 0.2) is 23.0 Å². The first kappa shape index (κ1) is 10.3. The van der Waals surface area contributed by atoms with E-state index in [9.17, 15) is 9.59 Å². The molecule has 2 aromatic rings. The lowest BCUT2D eigenvalue weighted by Crippen LogP contribution is -2.15. The Kier molecular flexibility index (Phi) is 2.18. The molecule has 88 valence electrons. The number of nitrogens with zero attached hydrogens (tertiary/aromatic N) is 1. The lowest BCUT2D eigenvalue weighted by Gasteiger charge is -2.05. The summed E-state index contributed by atoms with van der Waals surface area (Å²) in [6.07, 6.45) is 2.50. The number of imidazole rings is 1. The second kappa shape index (κ2) is 3.58. The van der Waals surface area contributed by atoms with Gasteiger partial charge in [-0.2, -0.15) is 0 Å². The topological polar surface area (TPSA) is 54.9 Å². The van der Waals surface area contributed by atoms with E-state index in [0.717, 1.165) is 29.4 Å². The highest BCUT2D eigenvalue weighted by molar-refractivity contribution is 5.86. The quantitative estimate of drug-likeness (QED) is 0.874. The minimum atomic E-state index is -0.0569. The summed E-state index contributed by atoms with van der Waals surface area (Å²) in [4.78, 5) is 26.0. The number of para-hydroxylation sites is 1. The Bertz CT molecular complexity index is 647. The van der Waals surface area contributed by atoms with Crippen molar-refractivity contribution in [3.63, 3.8) is 0 Å². The highest BCUT2D eigenvalue weighted by atomic mass is 16.1. The second-order valence-electron chi connectivity index (χ2n) is 4.72. The molecule has 0 unspecified atom stereocenters. The van der Waals surface area contributed by atoms with Gasteiger partial charge in [0.25, 0.3) is 0 Å². The van der Waals surface area contributed by atoms with Gasteiger partial charge in [-0.15, -0.1) is 0 Å². The third-order valence-electron chi connectivity index (χ3n) is 3.17. The SMILES string of the molecule is CC(=O)Cc1cccc2[nH]c(=O)n(C3CC3)c12. The molecule has 0 amide bonds. The number of carbonyl (C=O) groups is 1. The fourth-order valence-corrected chi connectivity index (χ4v) is 2.35. The summed E-state index contributed by atoms with van der Waals surface area (Å²) in [7, 11) is 0. The molecule has 1 aliphatic rings. The Hall–Kier alpha value is -1.84. The second-order valence-corrected chi connectivity index (χ2v) is 4.72. The number of Topliss-reactive ketones (excluding diaryl/α,β-unsaturated/α-hetero) is 1. The van der Waals surface area contributed by atoms with Gasteiger partial charge in [-0.3, -0.25) is 9.36 Å². The normalized spacial score (nSPS) is 15.4. The molecule has 1 N–H and O–H groups in total. The number of fused-ring (bicyclic) bond motifs is 1. The summed E-state index contributed by atoms with van der Waals surface area (Å²) < 4.78 is 1.81. The first-order chi connectivity index (χ1) is 8.16. The van der Waals surface area contributed by atoms with Crippen molar-refractivity contribution >= 4 is 16.8 Å². The Morgan fingerprint density at radius 3 is 2.88 bits per heavy atom. The van der Waals surface area contributed by atoms with Crippen LogP contribution >= 0.6 is 0 Å². The van der Waals surface area contributed by atoms with Crippen LogP contribution in [0.1, 0.15) is 31.4 Å². The van der Waals surface area contributed by atoms with Crippen LogP contribution in [0.5, 0.6) is 0 Å². The van der Waals surface area contributed by atoms with Gasteiger partial charge in [0.05, 0.1) is 11.0 Å². The minimum Gasteiger partial charge on any atom is -0.306 e. The van der Waals surface area contributed by atoms with E-state index in [4.69, 9.17) is 0 Å². The summed E-state index contributed by atoms with van der Waals surface area (Å²) >= 11 is 0. The molecule has 1 heterocycles. The van der Waals surface area contributed by atoms with Crippen molar-refractivity contribution in [2.24, 2.45) is 0 Å². The predicted octanol–water partition coefficient (Wildman–Crippen LogP) is 1.80. The molecule has 1 aromatic heterocycles. The predicted molar refractivity (Wildman–Crippen MR) is 65.2 cm³/mol. The Balaban J connectivity index is 2.27. The van der Waals surface area contributed by atoms with E-state index in [1.165, 1.54) is 0 Å². The van der Waals surface area contributed by atoms with Crippen molar-refractivity contribution in [1.29, 1.82) is 0 Å². The number of ketones is 1. The maximum atomic E-state index is 11.9. The maximum Gasteiger partial charge on any atom is 0.326 e. The fourth-order valence-electron chi connectivity index (χ4n) is 2.35. The summed E-state index contributed by atoms with van der Waals surface area (Å²) in [5.74, 6) is 0.119. The number of rotatable bonds is 3. The van der Waals surface area contributed by atoms with Gasteiger partial charge in [0.15, 0.2) is 0 Å². The van der Waals surface area contributed by atoms with Crippen molar-refractivity contribution in [2.75, 3.05) is 0 Å². The monoisotopic (exact) mass is 230 g/mol. The molecule has 0 saturated heterocycles. The number of hydrogen-bond donors (Lipinski definition) is 1. The first-order valence-electron chi connectivity index (χ1n) is 5.88. The summed E-state index contributed by atoms with van der Waals surface area (Å²) in [6.45, 7) is 1.57. The molecule has 0 aliphatic heterocycles. The van der Waals surface area contributed by atoms with Crippen molar-refractivity contribution in [3.8, 4) is 0 Å². The third kappa shape index (κ3) is 1.69. The molecular formula is C13H14N2O2. The largest absolute Gasteiger partial charge is 0.326 e. The summed E-state index contributed by atoms with van der Waals surface area (Å²) in [6, 6.07) is 6.02.